The molecule has 0 saturated carbocycles. The van der Waals surface area contributed by atoms with Gasteiger partial charge >= 0.3 is 0 Å². The van der Waals surface area contributed by atoms with E-state index in [4.69, 9.17) is 40.2 Å². The molecule has 0 atom stereocenters. The van der Waals surface area contributed by atoms with E-state index in [9.17, 15) is 0 Å². The van der Waals surface area contributed by atoms with Gasteiger partial charge in [0.1, 0.15) is 12.4 Å². The number of benzene rings is 2. The highest BCUT2D eigenvalue weighted by Gasteiger charge is 2.20. The van der Waals surface area contributed by atoms with E-state index in [-0.39, 0.29) is 0 Å². The maximum atomic E-state index is 6.34. The monoisotopic (exact) mass is 463 g/mol. The van der Waals surface area contributed by atoms with Crippen LogP contribution in [0.2, 0.25) is 10.0 Å². The molecule has 158 valence electrons. The minimum absolute atomic E-state index is 0.303. The fraction of sp³-hybridized carbons (Fsp3) is 0.333. The maximum absolute atomic E-state index is 6.34. The zero-order valence-electron chi connectivity index (χ0n) is 16.7. The van der Waals surface area contributed by atoms with E-state index < -0.39 is 0 Å². The van der Waals surface area contributed by atoms with Crippen molar-refractivity contribution in [2.75, 3.05) is 31.1 Å². The summed E-state index contributed by atoms with van der Waals surface area (Å²) in [5, 5.41) is 6.04. The van der Waals surface area contributed by atoms with Crippen LogP contribution in [0.15, 0.2) is 48.5 Å². The van der Waals surface area contributed by atoms with Crippen LogP contribution in [0.3, 0.4) is 0 Å². The number of aromatic nitrogens is 3. The van der Waals surface area contributed by atoms with Gasteiger partial charge in [-0.1, -0.05) is 47.5 Å². The Hall–Kier alpha value is -2.06. The molecule has 4 rings (SSSR count). The number of para-hydroxylation sites is 2. The summed E-state index contributed by atoms with van der Waals surface area (Å²) in [5.74, 6) is 1.39. The molecule has 1 aromatic heterocycles. The highest BCUT2D eigenvalue weighted by molar-refractivity contribution is 7.71. The molecule has 2 heterocycles. The summed E-state index contributed by atoms with van der Waals surface area (Å²) >= 11 is 18.1. The van der Waals surface area contributed by atoms with Crippen LogP contribution in [-0.4, -0.2) is 45.4 Å². The van der Waals surface area contributed by atoms with Crippen molar-refractivity contribution in [1.82, 2.24) is 19.2 Å². The summed E-state index contributed by atoms with van der Waals surface area (Å²) < 4.78 is 10.2. The van der Waals surface area contributed by atoms with E-state index in [1.54, 1.807) is 6.07 Å². The summed E-state index contributed by atoms with van der Waals surface area (Å²) in [7, 11) is 1.91. The van der Waals surface area contributed by atoms with Crippen LogP contribution in [0, 0.1) is 4.77 Å². The molecule has 9 heteroatoms. The third-order valence-corrected chi connectivity index (χ3v) is 6.34. The Morgan fingerprint density at radius 1 is 0.967 bits per heavy atom. The molecule has 30 heavy (non-hydrogen) atoms. The van der Waals surface area contributed by atoms with Gasteiger partial charge in [-0.3, -0.25) is 4.90 Å². The number of ether oxygens (including phenoxy) is 1. The molecule has 1 saturated heterocycles. The normalized spacial score (nSPS) is 14.8. The number of nitrogens with zero attached hydrogens (tertiary/aromatic N) is 5. The molecule has 1 fully saturated rings. The number of hydrogen-bond donors (Lipinski definition) is 0. The van der Waals surface area contributed by atoms with Crippen molar-refractivity contribution in [2.24, 2.45) is 7.05 Å². The van der Waals surface area contributed by atoms with E-state index >= 15 is 0 Å². The quantitative estimate of drug-likeness (QED) is 0.498. The first-order valence-corrected chi connectivity index (χ1v) is 10.9. The minimum atomic E-state index is 0.303. The first-order valence-electron chi connectivity index (χ1n) is 9.75. The van der Waals surface area contributed by atoms with E-state index in [1.165, 1.54) is 0 Å². The molecule has 0 aliphatic carbocycles. The van der Waals surface area contributed by atoms with Gasteiger partial charge in [-0.2, -0.15) is 5.10 Å². The van der Waals surface area contributed by atoms with Crippen LogP contribution in [-0.2, 0) is 20.3 Å². The Morgan fingerprint density at radius 3 is 2.33 bits per heavy atom. The van der Waals surface area contributed by atoms with Crippen molar-refractivity contribution in [3.8, 4) is 5.75 Å². The average molecular weight is 464 g/mol. The zero-order valence-corrected chi connectivity index (χ0v) is 19.0. The molecule has 0 unspecified atom stereocenters. The van der Waals surface area contributed by atoms with Crippen LogP contribution >= 0.6 is 35.4 Å². The average Bonchev–Trinajstić information content (AvgIpc) is 3.02. The van der Waals surface area contributed by atoms with Crippen molar-refractivity contribution < 1.29 is 4.74 Å². The first-order chi connectivity index (χ1) is 14.5. The molecule has 0 radical (unpaired) electrons. The summed E-state index contributed by atoms with van der Waals surface area (Å²) in [6, 6.07) is 15.4. The smallest absolute Gasteiger partial charge is 0.198 e. The molecule has 0 spiro atoms. The number of anilines is 1. The second-order valence-corrected chi connectivity index (χ2v) is 8.35. The summed E-state index contributed by atoms with van der Waals surface area (Å²) in [4.78, 5) is 4.66. The van der Waals surface area contributed by atoms with Gasteiger partial charge in [-0.15, -0.1) is 0 Å². The second-order valence-electron chi connectivity index (χ2n) is 7.17. The van der Waals surface area contributed by atoms with Crippen LogP contribution in [0.1, 0.15) is 5.82 Å². The Morgan fingerprint density at radius 2 is 1.63 bits per heavy atom. The van der Waals surface area contributed by atoms with E-state index in [2.05, 4.69) is 21.0 Å². The Labute approximate surface area is 191 Å². The van der Waals surface area contributed by atoms with Crippen molar-refractivity contribution in [2.45, 2.75) is 13.3 Å². The van der Waals surface area contributed by atoms with Gasteiger partial charge in [0.25, 0.3) is 0 Å². The fourth-order valence-electron chi connectivity index (χ4n) is 3.48. The number of hydrogen-bond acceptors (Lipinski definition) is 5. The Bertz CT molecular complexity index is 1080. The Kier molecular flexibility index (Phi) is 6.63. The van der Waals surface area contributed by atoms with Gasteiger partial charge in [0, 0.05) is 33.2 Å². The van der Waals surface area contributed by atoms with E-state index in [0.717, 1.165) is 42.7 Å². The van der Waals surface area contributed by atoms with Crippen molar-refractivity contribution in [1.29, 1.82) is 0 Å². The van der Waals surface area contributed by atoms with Crippen LogP contribution in [0.25, 0.3) is 0 Å². The standard InChI is InChI=1S/C21H23Cl2N5OS/c1-25-20(14-29-19-9-5-3-7-17(19)23)24-28(21(25)30)15-26-10-12-27(13-11-26)18-8-4-2-6-16(18)22/h2-9H,10-15H2,1H3. The third-order valence-electron chi connectivity index (χ3n) is 5.22. The van der Waals surface area contributed by atoms with Gasteiger partial charge < -0.3 is 14.2 Å². The van der Waals surface area contributed by atoms with Gasteiger partial charge in [-0.05, 0) is 36.5 Å². The lowest BCUT2D eigenvalue weighted by atomic mass is 10.2. The summed E-state index contributed by atoms with van der Waals surface area (Å²) in [5.41, 5.74) is 1.09. The third kappa shape index (κ3) is 4.64. The number of rotatable bonds is 6. The minimum Gasteiger partial charge on any atom is -0.484 e. The molecular formula is C21H23Cl2N5OS. The number of halogens is 2. The van der Waals surface area contributed by atoms with Gasteiger partial charge in [0.05, 0.1) is 22.4 Å². The largest absolute Gasteiger partial charge is 0.484 e. The molecule has 0 amide bonds. The molecule has 1 aliphatic rings. The molecule has 0 bridgehead atoms. The SMILES string of the molecule is Cn1c(COc2ccccc2Cl)nn(CN2CCN(c3ccccc3Cl)CC2)c1=S. The second kappa shape index (κ2) is 9.39. The van der Waals surface area contributed by atoms with Gasteiger partial charge in [0.2, 0.25) is 0 Å². The molecule has 3 aromatic rings. The predicted molar refractivity (Wildman–Crippen MR) is 123 cm³/mol. The molecule has 1 aliphatic heterocycles. The van der Waals surface area contributed by atoms with Crippen molar-refractivity contribution >= 4 is 41.1 Å². The van der Waals surface area contributed by atoms with Crippen LogP contribution in [0.5, 0.6) is 5.75 Å². The van der Waals surface area contributed by atoms with E-state index in [0.29, 0.717) is 28.8 Å². The van der Waals surface area contributed by atoms with Crippen LogP contribution < -0.4 is 9.64 Å². The van der Waals surface area contributed by atoms with E-state index in [1.807, 2.05) is 52.7 Å². The highest BCUT2D eigenvalue weighted by Crippen LogP contribution is 2.26. The van der Waals surface area contributed by atoms with Crippen molar-refractivity contribution in [3.05, 3.63) is 69.2 Å². The zero-order chi connectivity index (χ0) is 21.1. The molecule has 0 N–H and O–H groups in total. The number of piperazine rings is 1. The summed E-state index contributed by atoms with van der Waals surface area (Å²) in [6.07, 6.45) is 0. The van der Waals surface area contributed by atoms with Crippen LogP contribution in [0.4, 0.5) is 5.69 Å². The lowest BCUT2D eigenvalue weighted by Crippen LogP contribution is -2.47. The Balaban J connectivity index is 1.37. The highest BCUT2D eigenvalue weighted by atomic mass is 35.5. The molecular weight excluding hydrogens is 441 g/mol. The maximum Gasteiger partial charge on any atom is 0.198 e. The first kappa shape index (κ1) is 21.2. The molecule has 2 aromatic carbocycles. The van der Waals surface area contributed by atoms with Gasteiger partial charge in [0.15, 0.2) is 10.6 Å². The lowest BCUT2D eigenvalue weighted by molar-refractivity contribution is 0.193. The van der Waals surface area contributed by atoms with Crippen molar-refractivity contribution in [3.63, 3.8) is 0 Å². The molecule has 6 nitrogen and oxygen atoms in total. The van der Waals surface area contributed by atoms with Gasteiger partial charge in [-0.25, -0.2) is 4.68 Å². The summed E-state index contributed by atoms with van der Waals surface area (Å²) in [6.45, 7) is 4.59. The fourth-order valence-corrected chi connectivity index (χ4v) is 4.13. The predicted octanol–water partition coefficient (Wildman–Crippen LogP) is 4.62. The lowest BCUT2D eigenvalue weighted by Gasteiger charge is -2.36. The topological polar surface area (TPSA) is 38.5 Å².